The van der Waals surface area contributed by atoms with Crippen molar-refractivity contribution in [1.82, 2.24) is 0 Å². The zero-order valence-electron chi connectivity index (χ0n) is 7.23. The molecular weight excluding hydrogens is 172 g/mol. The van der Waals surface area contributed by atoms with Gasteiger partial charge in [0.1, 0.15) is 18.5 Å². The Labute approximate surface area is 76.1 Å². The Morgan fingerprint density at radius 1 is 1.62 bits per heavy atom. The van der Waals surface area contributed by atoms with E-state index in [9.17, 15) is 0 Å². The topological polar surface area (TPSA) is 55.1 Å². The standard InChI is InChI=1S/C9H12O4/c10-3-7-1-2-12-9(7)6-11-4-8-5-13-8/h1-2,8,10H,3-6H2. The number of epoxide rings is 1. The fourth-order valence-electron chi connectivity index (χ4n) is 1.08. The van der Waals surface area contributed by atoms with Gasteiger partial charge in [-0.2, -0.15) is 0 Å². The zero-order valence-corrected chi connectivity index (χ0v) is 7.23. The molecule has 1 aliphatic rings. The summed E-state index contributed by atoms with van der Waals surface area (Å²) in [5, 5.41) is 8.89. The van der Waals surface area contributed by atoms with E-state index in [1.165, 1.54) is 0 Å². The van der Waals surface area contributed by atoms with Gasteiger partial charge in [-0.05, 0) is 6.07 Å². The van der Waals surface area contributed by atoms with Crippen LogP contribution in [0.5, 0.6) is 0 Å². The lowest BCUT2D eigenvalue weighted by molar-refractivity contribution is 0.0895. The van der Waals surface area contributed by atoms with Gasteiger partial charge in [0.05, 0.1) is 26.1 Å². The molecule has 1 unspecified atom stereocenters. The summed E-state index contributed by atoms with van der Waals surface area (Å²) in [5.74, 6) is 0.697. The molecule has 1 aromatic rings. The highest BCUT2D eigenvalue weighted by Gasteiger charge is 2.22. The molecular formula is C9H12O4. The van der Waals surface area contributed by atoms with Crippen molar-refractivity contribution in [1.29, 1.82) is 0 Å². The summed E-state index contributed by atoms with van der Waals surface area (Å²) >= 11 is 0. The summed E-state index contributed by atoms with van der Waals surface area (Å²) in [6.07, 6.45) is 1.82. The first-order valence-corrected chi connectivity index (χ1v) is 4.25. The first-order valence-electron chi connectivity index (χ1n) is 4.25. The molecule has 0 saturated carbocycles. The van der Waals surface area contributed by atoms with E-state index in [4.69, 9.17) is 19.0 Å². The molecule has 0 aliphatic carbocycles. The molecule has 0 bridgehead atoms. The molecule has 4 heteroatoms. The van der Waals surface area contributed by atoms with Gasteiger partial charge in [0.25, 0.3) is 0 Å². The molecule has 0 amide bonds. The van der Waals surface area contributed by atoms with Crippen molar-refractivity contribution >= 4 is 0 Å². The molecule has 1 fully saturated rings. The molecule has 4 nitrogen and oxygen atoms in total. The normalized spacial score (nSPS) is 20.5. The quantitative estimate of drug-likeness (QED) is 0.684. The van der Waals surface area contributed by atoms with Crippen molar-refractivity contribution in [3.05, 3.63) is 23.7 Å². The van der Waals surface area contributed by atoms with Crippen LogP contribution in [0.25, 0.3) is 0 Å². The highest BCUT2D eigenvalue weighted by Crippen LogP contribution is 2.14. The Bertz CT molecular complexity index is 264. The number of aliphatic hydroxyl groups excluding tert-OH is 1. The van der Waals surface area contributed by atoms with Gasteiger partial charge >= 0.3 is 0 Å². The predicted octanol–water partition coefficient (Wildman–Crippen LogP) is 0.687. The van der Waals surface area contributed by atoms with Crippen molar-refractivity contribution in [2.75, 3.05) is 13.2 Å². The Hall–Kier alpha value is -0.840. The number of hydrogen-bond acceptors (Lipinski definition) is 4. The third-order valence-electron chi connectivity index (χ3n) is 1.95. The molecule has 0 radical (unpaired) electrons. The van der Waals surface area contributed by atoms with E-state index < -0.39 is 0 Å². The smallest absolute Gasteiger partial charge is 0.134 e. The van der Waals surface area contributed by atoms with Gasteiger partial charge in [-0.3, -0.25) is 0 Å². The number of hydrogen-bond donors (Lipinski definition) is 1. The molecule has 72 valence electrons. The summed E-state index contributed by atoms with van der Waals surface area (Å²) in [6, 6.07) is 1.74. The Morgan fingerprint density at radius 2 is 2.46 bits per heavy atom. The second-order valence-corrected chi connectivity index (χ2v) is 3.00. The maximum absolute atomic E-state index is 8.89. The molecule has 1 aromatic heterocycles. The van der Waals surface area contributed by atoms with Gasteiger partial charge in [0.2, 0.25) is 0 Å². The van der Waals surface area contributed by atoms with Crippen molar-refractivity contribution < 1.29 is 19.0 Å². The fourth-order valence-corrected chi connectivity index (χ4v) is 1.08. The average molecular weight is 184 g/mol. The average Bonchev–Trinajstić information content (AvgIpc) is 2.84. The summed E-state index contributed by atoms with van der Waals surface area (Å²) in [4.78, 5) is 0. The van der Waals surface area contributed by atoms with Gasteiger partial charge < -0.3 is 19.0 Å². The fraction of sp³-hybridized carbons (Fsp3) is 0.556. The predicted molar refractivity (Wildman–Crippen MR) is 44.0 cm³/mol. The van der Waals surface area contributed by atoms with Crippen molar-refractivity contribution in [2.45, 2.75) is 19.3 Å². The summed E-state index contributed by atoms with van der Waals surface area (Å²) in [7, 11) is 0. The number of aliphatic hydroxyl groups is 1. The number of ether oxygens (including phenoxy) is 2. The van der Waals surface area contributed by atoms with Crippen LogP contribution >= 0.6 is 0 Å². The molecule has 1 aliphatic heterocycles. The van der Waals surface area contributed by atoms with E-state index in [1.54, 1.807) is 12.3 Å². The maximum atomic E-state index is 8.89. The second-order valence-electron chi connectivity index (χ2n) is 3.00. The largest absolute Gasteiger partial charge is 0.467 e. The maximum Gasteiger partial charge on any atom is 0.134 e. The summed E-state index contributed by atoms with van der Waals surface area (Å²) in [6.45, 7) is 1.80. The minimum atomic E-state index is -0.00484. The number of rotatable bonds is 5. The van der Waals surface area contributed by atoms with Crippen LogP contribution in [0.2, 0.25) is 0 Å². The third kappa shape index (κ3) is 2.30. The van der Waals surface area contributed by atoms with E-state index in [0.717, 1.165) is 12.2 Å². The van der Waals surface area contributed by atoms with Gasteiger partial charge in [0, 0.05) is 5.56 Å². The highest BCUT2D eigenvalue weighted by molar-refractivity contribution is 5.14. The van der Waals surface area contributed by atoms with E-state index in [2.05, 4.69) is 0 Å². The lowest BCUT2D eigenvalue weighted by atomic mass is 10.3. The third-order valence-corrected chi connectivity index (χ3v) is 1.95. The zero-order chi connectivity index (χ0) is 9.10. The van der Waals surface area contributed by atoms with Gasteiger partial charge in [-0.15, -0.1) is 0 Å². The van der Waals surface area contributed by atoms with Gasteiger partial charge in [-0.1, -0.05) is 0 Å². The lowest BCUT2D eigenvalue weighted by Crippen LogP contribution is -2.02. The molecule has 0 spiro atoms. The van der Waals surface area contributed by atoms with Gasteiger partial charge in [0.15, 0.2) is 0 Å². The Kier molecular flexibility index (Phi) is 2.63. The van der Waals surface area contributed by atoms with Crippen molar-refractivity contribution in [2.24, 2.45) is 0 Å². The van der Waals surface area contributed by atoms with Crippen LogP contribution in [-0.2, 0) is 22.7 Å². The van der Waals surface area contributed by atoms with Gasteiger partial charge in [-0.25, -0.2) is 0 Å². The first kappa shape index (κ1) is 8.74. The first-order chi connectivity index (χ1) is 6.40. The summed E-state index contributed by atoms with van der Waals surface area (Å²) < 4.78 is 15.4. The molecule has 0 aromatic carbocycles. The molecule has 1 saturated heterocycles. The van der Waals surface area contributed by atoms with Crippen LogP contribution in [0, 0.1) is 0 Å². The molecule has 2 rings (SSSR count). The van der Waals surface area contributed by atoms with Crippen molar-refractivity contribution in [3.63, 3.8) is 0 Å². The Balaban J connectivity index is 1.78. The molecule has 1 atom stereocenters. The van der Waals surface area contributed by atoms with Crippen LogP contribution < -0.4 is 0 Å². The molecule has 1 N–H and O–H groups in total. The van der Waals surface area contributed by atoms with Crippen LogP contribution in [0.3, 0.4) is 0 Å². The monoisotopic (exact) mass is 184 g/mol. The minimum Gasteiger partial charge on any atom is -0.467 e. The highest BCUT2D eigenvalue weighted by atomic mass is 16.6. The SMILES string of the molecule is OCc1ccoc1COCC1CO1. The second kappa shape index (κ2) is 3.91. The van der Waals surface area contributed by atoms with Crippen molar-refractivity contribution in [3.8, 4) is 0 Å². The van der Waals surface area contributed by atoms with Crippen LogP contribution in [0.1, 0.15) is 11.3 Å². The van der Waals surface area contributed by atoms with E-state index in [0.29, 0.717) is 19.0 Å². The van der Waals surface area contributed by atoms with Crippen LogP contribution in [0.4, 0.5) is 0 Å². The van der Waals surface area contributed by atoms with E-state index in [1.807, 2.05) is 0 Å². The Morgan fingerprint density at radius 3 is 3.15 bits per heavy atom. The lowest BCUT2D eigenvalue weighted by Gasteiger charge is -2.00. The summed E-state index contributed by atoms with van der Waals surface area (Å²) in [5.41, 5.74) is 0.789. The van der Waals surface area contributed by atoms with Crippen LogP contribution in [-0.4, -0.2) is 24.4 Å². The minimum absolute atomic E-state index is 0.00484. The van der Waals surface area contributed by atoms with E-state index >= 15 is 0 Å². The van der Waals surface area contributed by atoms with Crippen LogP contribution in [0.15, 0.2) is 16.7 Å². The van der Waals surface area contributed by atoms with E-state index in [-0.39, 0.29) is 12.7 Å². The molecule has 2 heterocycles. The molecule has 13 heavy (non-hydrogen) atoms. The number of furan rings is 1.